The second-order valence-electron chi connectivity index (χ2n) is 4.16. The van der Waals surface area contributed by atoms with Crippen LogP contribution < -0.4 is 10.6 Å². The van der Waals surface area contributed by atoms with E-state index >= 15 is 0 Å². The van der Waals surface area contributed by atoms with Crippen LogP contribution in [0, 0.1) is 6.92 Å². The molecule has 0 aliphatic rings. The van der Waals surface area contributed by atoms with Gasteiger partial charge in [-0.15, -0.1) is 10.2 Å². The predicted molar refractivity (Wildman–Crippen MR) is 76.7 cm³/mol. The molecule has 0 aliphatic heterocycles. The highest BCUT2D eigenvalue weighted by molar-refractivity contribution is 7.17. The number of benzene rings is 1. The standard InChI is InChI=1S/C13H16N4OS/c1-9-4-3-5-10(8-9)6-7-15-11(18)12-16-17-13(14-2)19-12/h3-5,8H,6-7H2,1-2H3,(H,14,17)(H,15,18). The van der Waals surface area contributed by atoms with Crippen LogP contribution in [0.15, 0.2) is 24.3 Å². The van der Waals surface area contributed by atoms with E-state index in [-0.39, 0.29) is 5.91 Å². The Morgan fingerprint density at radius 2 is 2.21 bits per heavy atom. The normalized spacial score (nSPS) is 10.2. The van der Waals surface area contributed by atoms with Gasteiger partial charge in [-0.3, -0.25) is 4.79 Å². The van der Waals surface area contributed by atoms with Crippen molar-refractivity contribution in [1.82, 2.24) is 15.5 Å². The predicted octanol–water partition coefficient (Wildman–Crippen LogP) is 1.86. The zero-order valence-electron chi connectivity index (χ0n) is 10.9. The Labute approximate surface area is 116 Å². The van der Waals surface area contributed by atoms with Crippen LogP contribution in [-0.2, 0) is 6.42 Å². The van der Waals surface area contributed by atoms with E-state index in [4.69, 9.17) is 0 Å². The summed E-state index contributed by atoms with van der Waals surface area (Å²) in [7, 11) is 1.75. The van der Waals surface area contributed by atoms with E-state index in [9.17, 15) is 4.79 Å². The first-order valence-corrected chi connectivity index (χ1v) is 6.85. The van der Waals surface area contributed by atoms with E-state index in [1.54, 1.807) is 7.05 Å². The second-order valence-corrected chi connectivity index (χ2v) is 5.13. The van der Waals surface area contributed by atoms with Crippen molar-refractivity contribution in [1.29, 1.82) is 0 Å². The van der Waals surface area contributed by atoms with Gasteiger partial charge >= 0.3 is 0 Å². The lowest BCUT2D eigenvalue weighted by atomic mass is 10.1. The van der Waals surface area contributed by atoms with Gasteiger partial charge in [0, 0.05) is 13.6 Å². The molecule has 0 fully saturated rings. The third-order valence-electron chi connectivity index (χ3n) is 2.61. The van der Waals surface area contributed by atoms with E-state index in [0.29, 0.717) is 16.7 Å². The molecule has 19 heavy (non-hydrogen) atoms. The maximum absolute atomic E-state index is 11.8. The summed E-state index contributed by atoms with van der Waals surface area (Å²) in [5.74, 6) is -0.174. The number of nitrogens with zero attached hydrogens (tertiary/aromatic N) is 2. The third kappa shape index (κ3) is 3.75. The van der Waals surface area contributed by atoms with Gasteiger partial charge in [-0.25, -0.2) is 0 Å². The van der Waals surface area contributed by atoms with E-state index in [1.165, 1.54) is 22.5 Å². The molecule has 100 valence electrons. The van der Waals surface area contributed by atoms with Gasteiger partial charge in [0.25, 0.3) is 5.91 Å². The smallest absolute Gasteiger partial charge is 0.282 e. The van der Waals surface area contributed by atoms with E-state index in [1.807, 2.05) is 6.07 Å². The zero-order valence-corrected chi connectivity index (χ0v) is 11.8. The first-order valence-electron chi connectivity index (χ1n) is 6.04. The number of aromatic nitrogens is 2. The van der Waals surface area contributed by atoms with Crippen molar-refractivity contribution in [3.05, 3.63) is 40.4 Å². The Morgan fingerprint density at radius 3 is 2.89 bits per heavy atom. The number of rotatable bonds is 5. The summed E-state index contributed by atoms with van der Waals surface area (Å²) < 4.78 is 0. The molecule has 0 unspecified atom stereocenters. The highest BCUT2D eigenvalue weighted by Crippen LogP contribution is 2.13. The Hall–Kier alpha value is -1.95. The van der Waals surface area contributed by atoms with Crippen LogP contribution in [0.1, 0.15) is 20.9 Å². The monoisotopic (exact) mass is 276 g/mol. The van der Waals surface area contributed by atoms with Crippen molar-refractivity contribution >= 4 is 22.4 Å². The number of hydrogen-bond donors (Lipinski definition) is 2. The van der Waals surface area contributed by atoms with Crippen molar-refractivity contribution < 1.29 is 4.79 Å². The van der Waals surface area contributed by atoms with Gasteiger partial charge in [-0.2, -0.15) is 0 Å². The molecule has 6 heteroatoms. The molecule has 0 aliphatic carbocycles. The lowest BCUT2D eigenvalue weighted by molar-refractivity contribution is 0.0953. The van der Waals surface area contributed by atoms with Gasteiger partial charge in [-0.05, 0) is 18.9 Å². The minimum Gasteiger partial charge on any atom is -0.363 e. The van der Waals surface area contributed by atoms with Gasteiger partial charge in [-0.1, -0.05) is 41.2 Å². The highest BCUT2D eigenvalue weighted by Gasteiger charge is 2.11. The lowest BCUT2D eigenvalue weighted by Gasteiger charge is -2.04. The Morgan fingerprint density at radius 1 is 1.37 bits per heavy atom. The summed E-state index contributed by atoms with van der Waals surface area (Å²) in [5.41, 5.74) is 2.44. The fourth-order valence-electron chi connectivity index (χ4n) is 1.68. The van der Waals surface area contributed by atoms with Crippen LogP contribution in [0.5, 0.6) is 0 Å². The average Bonchev–Trinajstić information content (AvgIpc) is 2.87. The number of amides is 1. The summed E-state index contributed by atoms with van der Waals surface area (Å²) in [4.78, 5) is 11.8. The Kier molecular flexibility index (Phi) is 4.46. The van der Waals surface area contributed by atoms with Crippen molar-refractivity contribution in [3.63, 3.8) is 0 Å². The molecule has 2 N–H and O–H groups in total. The van der Waals surface area contributed by atoms with Crippen LogP contribution >= 0.6 is 11.3 Å². The van der Waals surface area contributed by atoms with Crippen LogP contribution in [0.2, 0.25) is 0 Å². The minimum atomic E-state index is -0.174. The summed E-state index contributed by atoms with van der Waals surface area (Å²) in [6.45, 7) is 2.65. The number of carbonyl (C=O) groups is 1. The van der Waals surface area contributed by atoms with Gasteiger partial charge in [0.1, 0.15) is 0 Å². The fraction of sp³-hybridized carbons (Fsp3) is 0.308. The Balaban J connectivity index is 1.84. The second kappa shape index (κ2) is 6.29. The zero-order chi connectivity index (χ0) is 13.7. The maximum Gasteiger partial charge on any atom is 0.282 e. The number of hydrogen-bond acceptors (Lipinski definition) is 5. The van der Waals surface area contributed by atoms with Crippen molar-refractivity contribution in [2.45, 2.75) is 13.3 Å². The molecule has 0 saturated heterocycles. The molecule has 2 aromatic rings. The number of aryl methyl sites for hydroxylation is 1. The fourth-order valence-corrected chi connectivity index (χ4v) is 2.29. The van der Waals surface area contributed by atoms with Gasteiger partial charge in [0.15, 0.2) is 0 Å². The lowest BCUT2D eigenvalue weighted by Crippen LogP contribution is -2.25. The minimum absolute atomic E-state index is 0.174. The molecule has 5 nitrogen and oxygen atoms in total. The average molecular weight is 276 g/mol. The van der Waals surface area contributed by atoms with Gasteiger partial charge < -0.3 is 10.6 Å². The maximum atomic E-state index is 11.8. The molecule has 1 aromatic heterocycles. The SMILES string of the molecule is CNc1nnc(C(=O)NCCc2cccc(C)c2)s1. The molecule has 0 saturated carbocycles. The largest absolute Gasteiger partial charge is 0.363 e. The summed E-state index contributed by atoms with van der Waals surface area (Å²) >= 11 is 1.24. The van der Waals surface area contributed by atoms with Crippen molar-refractivity contribution in [2.24, 2.45) is 0 Å². The quantitative estimate of drug-likeness (QED) is 0.874. The molecular weight excluding hydrogens is 260 g/mol. The molecule has 2 rings (SSSR count). The Bertz CT molecular complexity index is 567. The number of anilines is 1. The van der Waals surface area contributed by atoms with Crippen molar-refractivity contribution in [3.8, 4) is 0 Å². The number of nitrogens with one attached hydrogen (secondary N) is 2. The molecule has 0 atom stereocenters. The third-order valence-corrected chi connectivity index (χ3v) is 3.55. The number of carbonyl (C=O) groups excluding carboxylic acids is 1. The van der Waals surface area contributed by atoms with Gasteiger partial charge in [0.05, 0.1) is 0 Å². The van der Waals surface area contributed by atoms with Crippen LogP contribution in [-0.4, -0.2) is 29.7 Å². The molecule has 0 radical (unpaired) electrons. The van der Waals surface area contributed by atoms with Crippen LogP contribution in [0.3, 0.4) is 0 Å². The first kappa shape index (κ1) is 13.5. The molecule has 1 aromatic carbocycles. The summed E-state index contributed by atoms with van der Waals surface area (Å²) in [6.07, 6.45) is 0.811. The van der Waals surface area contributed by atoms with Crippen LogP contribution in [0.4, 0.5) is 5.13 Å². The van der Waals surface area contributed by atoms with E-state index in [0.717, 1.165) is 6.42 Å². The van der Waals surface area contributed by atoms with E-state index < -0.39 is 0 Å². The molecule has 1 amide bonds. The molecule has 1 heterocycles. The van der Waals surface area contributed by atoms with Gasteiger partial charge in [0.2, 0.25) is 10.1 Å². The van der Waals surface area contributed by atoms with Crippen LogP contribution in [0.25, 0.3) is 0 Å². The molecule has 0 spiro atoms. The first-order chi connectivity index (χ1) is 9.19. The topological polar surface area (TPSA) is 66.9 Å². The molecule has 0 bridgehead atoms. The molecular formula is C13H16N4OS. The summed E-state index contributed by atoms with van der Waals surface area (Å²) in [5, 5.41) is 14.4. The summed E-state index contributed by atoms with van der Waals surface area (Å²) in [6, 6.07) is 8.26. The highest BCUT2D eigenvalue weighted by atomic mass is 32.1. The van der Waals surface area contributed by atoms with E-state index in [2.05, 4.69) is 46.0 Å². The van der Waals surface area contributed by atoms with Crippen molar-refractivity contribution in [2.75, 3.05) is 18.9 Å².